The fourth-order valence-corrected chi connectivity index (χ4v) is 3.70. The Labute approximate surface area is 132 Å². The molecule has 4 nitrogen and oxygen atoms in total. The number of amides is 1. The molecule has 1 N–H and O–H groups in total. The van der Waals surface area contributed by atoms with Crippen LogP contribution in [-0.2, 0) is 4.79 Å². The minimum atomic E-state index is 0.221. The van der Waals surface area contributed by atoms with E-state index in [1.165, 1.54) is 18.4 Å². The maximum absolute atomic E-state index is 12.6. The molecule has 0 saturated carbocycles. The van der Waals surface area contributed by atoms with Gasteiger partial charge >= 0.3 is 0 Å². The molecule has 2 unspecified atom stereocenters. The molecule has 120 valence electrons. The van der Waals surface area contributed by atoms with Gasteiger partial charge in [0.2, 0.25) is 5.91 Å². The van der Waals surface area contributed by atoms with Crippen molar-refractivity contribution in [1.82, 2.24) is 10.2 Å². The van der Waals surface area contributed by atoms with Crippen LogP contribution < -0.4 is 10.1 Å². The molecule has 22 heavy (non-hydrogen) atoms. The highest BCUT2D eigenvalue weighted by Gasteiger charge is 2.30. The van der Waals surface area contributed by atoms with Crippen molar-refractivity contribution in [2.24, 2.45) is 0 Å². The lowest BCUT2D eigenvalue weighted by Crippen LogP contribution is -2.32. The summed E-state index contributed by atoms with van der Waals surface area (Å²) in [6.07, 6.45) is 6.25. The van der Waals surface area contributed by atoms with Crippen LogP contribution >= 0.6 is 0 Å². The summed E-state index contributed by atoms with van der Waals surface area (Å²) in [5.74, 6) is 1.17. The SMILES string of the molecule is COc1cccc(C2CCCN2C(=O)CCC2CCCN2)c1. The van der Waals surface area contributed by atoms with E-state index in [9.17, 15) is 4.79 Å². The maximum Gasteiger partial charge on any atom is 0.223 e. The van der Waals surface area contributed by atoms with E-state index in [4.69, 9.17) is 4.74 Å². The lowest BCUT2D eigenvalue weighted by Gasteiger charge is -2.26. The van der Waals surface area contributed by atoms with Crippen molar-refractivity contribution in [3.8, 4) is 5.75 Å². The zero-order valence-electron chi connectivity index (χ0n) is 13.4. The third kappa shape index (κ3) is 3.43. The van der Waals surface area contributed by atoms with Crippen molar-refractivity contribution >= 4 is 5.91 Å². The van der Waals surface area contributed by atoms with E-state index in [1.807, 2.05) is 12.1 Å². The first-order valence-electron chi connectivity index (χ1n) is 8.45. The molecule has 1 aromatic rings. The summed E-state index contributed by atoms with van der Waals surface area (Å²) in [5, 5.41) is 3.47. The predicted octanol–water partition coefficient (Wildman–Crippen LogP) is 2.89. The molecule has 2 saturated heterocycles. The van der Waals surface area contributed by atoms with Gasteiger partial charge in [-0.2, -0.15) is 0 Å². The highest BCUT2D eigenvalue weighted by molar-refractivity contribution is 5.77. The third-order valence-electron chi connectivity index (χ3n) is 4.92. The Balaban J connectivity index is 1.62. The van der Waals surface area contributed by atoms with Gasteiger partial charge in [-0.15, -0.1) is 0 Å². The third-order valence-corrected chi connectivity index (χ3v) is 4.92. The number of likely N-dealkylation sites (tertiary alicyclic amines) is 1. The summed E-state index contributed by atoms with van der Waals surface area (Å²) in [6, 6.07) is 8.90. The number of ether oxygens (including phenoxy) is 1. The molecule has 0 spiro atoms. The Kier molecular flexibility index (Phi) is 4.98. The lowest BCUT2D eigenvalue weighted by atomic mass is 10.0. The molecule has 2 aliphatic heterocycles. The van der Waals surface area contributed by atoms with Crippen LogP contribution in [0.1, 0.15) is 50.1 Å². The van der Waals surface area contributed by atoms with Crippen LogP contribution in [-0.4, -0.2) is 37.0 Å². The van der Waals surface area contributed by atoms with E-state index >= 15 is 0 Å². The van der Waals surface area contributed by atoms with Gasteiger partial charge in [-0.3, -0.25) is 4.79 Å². The van der Waals surface area contributed by atoms with Gasteiger partial charge in [-0.1, -0.05) is 12.1 Å². The molecule has 4 heteroatoms. The molecule has 1 amide bonds. The van der Waals surface area contributed by atoms with Gasteiger partial charge in [0.05, 0.1) is 13.2 Å². The topological polar surface area (TPSA) is 41.6 Å². The molecule has 2 fully saturated rings. The first-order valence-corrected chi connectivity index (χ1v) is 8.45. The molecule has 1 aromatic carbocycles. The highest BCUT2D eigenvalue weighted by atomic mass is 16.5. The van der Waals surface area contributed by atoms with E-state index in [0.29, 0.717) is 18.4 Å². The van der Waals surface area contributed by atoms with Gasteiger partial charge in [-0.05, 0) is 56.3 Å². The Hall–Kier alpha value is -1.55. The monoisotopic (exact) mass is 302 g/mol. The number of nitrogens with one attached hydrogen (secondary N) is 1. The van der Waals surface area contributed by atoms with Crippen LogP contribution in [0.25, 0.3) is 0 Å². The maximum atomic E-state index is 12.6. The Morgan fingerprint density at radius 3 is 3.05 bits per heavy atom. The molecule has 0 aliphatic carbocycles. The fourth-order valence-electron chi connectivity index (χ4n) is 3.70. The predicted molar refractivity (Wildman–Crippen MR) is 86.9 cm³/mol. The van der Waals surface area contributed by atoms with Crippen LogP contribution in [0.15, 0.2) is 24.3 Å². The quantitative estimate of drug-likeness (QED) is 0.909. The highest BCUT2D eigenvalue weighted by Crippen LogP contribution is 2.34. The van der Waals surface area contributed by atoms with Crippen molar-refractivity contribution in [1.29, 1.82) is 0 Å². The second-order valence-electron chi connectivity index (χ2n) is 6.35. The summed E-state index contributed by atoms with van der Waals surface area (Å²) in [7, 11) is 1.69. The summed E-state index contributed by atoms with van der Waals surface area (Å²) in [6.45, 7) is 1.99. The van der Waals surface area contributed by atoms with E-state index in [0.717, 1.165) is 38.1 Å². The lowest BCUT2D eigenvalue weighted by molar-refractivity contribution is -0.132. The Morgan fingerprint density at radius 1 is 1.36 bits per heavy atom. The fraction of sp³-hybridized carbons (Fsp3) is 0.611. The van der Waals surface area contributed by atoms with Crippen molar-refractivity contribution in [2.75, 3.05) is 20.2 Å². The van der Waals surface area contributed by atoms with Crippen LogP contribution in [0.5, 0.6) is 5.75 Å². The summed E-state index contributed by atoms with van der Waals surface area (Å²) in [5.41, 5.74) is 1.20. The van der Waals surface area contributed by atoms with Gasteiger partial charge in [0.1, 0.15) is 5.75 Å². The normalized spacial score (nSPS) is 24.7. The van der Waals surface area contributed by atoms with Gasteiger partial charge in [0.15, 0.2) is 0 Å². The second kappa shape index (κ2) is 7.14. The summed E-state index contributed by atoms with van der Waals surface area (Å²) >= 11 is 0. The van der Waals surface area contributed by atoms with Crippen molar-refractivity contribution in [3.05, 3.63) is 29.8 Å². The number of carbonyl (C=O) groups is 1. The number of rotatable bonds is 5. The summed E-state index contributed by atoms with van der Waals surface area (Å²) < 4.78 is 5.31. The Bertz CT molecular complexity index is 512. The van der Waals surface area contributed by atoms with E-state index in [1.54, 1.807) is 7.11 Å². The molecule has 0 radical (unpaired) electrons. The number of hydrogen-bond donors (Lipinski definition) is 1. The standard InChI is InChI=1S/C18H26N2O2/c1-22-16-7-2-5-14(13-16)17-8-4-12-20(17)18(21)10-9-15-6-3-11-19-15/h2,5,7,13,15,17,19H,3-4,6,8-12H2,1H3. The van der Waals surface area contributed by atoms with Crippen LogP contribution in [0.4, 0.5) is 0 Å². The van der Waals surface area contributed by atoms with Crippen molar-refractivity contribution < 1.29 is 9.53 Å². The van der Waals surface area contributed by atoms with Gasteiger partial charge in [0, 0.05) is 19.0 Å². The molecular weight excluding hydrogens is 276 g/mol. The van der Waals surface area contributed by atoms with Gasteiger partial charge in [0.25, 0.3) is 0 Å². The zero-order chi connectivity index (χ0) is 15.4. The van der Waals surface area contributed by atoms with Gasteiger partial charge < -0.3 is 15.0 Å². The first-order chi connectivity index (χ1) is 10.8. The number of methoxy groups -OCH3 is 1. The molecule has 0 aromatic heterocycles. The number of benzene rings is 1. The van der Waals surface area contributed by atoms with Gasteiger partial charge in [-0.25, -0.2) is 0 Å². The average molecular weight is 302 g/mol. The molecule has 2 heterocycles. The average Bonchev–Trinajstić information content (AvgIpc) is 3.24. The Morgan fingerprint density at radius 2 is 2.27 bits per heavy atom. The molecule has 2 atom stereocenters. The number of nitrogens with zero attached hydrogens (tertiary/aromatic N) is 1. The molecule has 2 aliphatic rings. The number of carbonyl (C=O) groups excluding carboxylic acids is 1. The van der Waals surface area contributed by atoms with E-state index in [-0.39, 0.29) is 6.04 Å². The smallest absolute Gasteiger partial charge is 0.223 e. The molecular formula is C18H26N2O2. The van der Waals surface area contributed by atoms with Crippen molar-refractivity contribution in [2.45, 2.75) is 50.6 Å². The van der Waals surface area contributed by atoms with Crippen LogP contribution in [0, 0.1) is 0 Å². The zero-order valence-corrected chi connectivity index (χ0v) is 13.4. The van der Waals surface area contributed by atoms with E-state index < -0.39 is 0 Å². The summed E-state index contributed by atoms with van der Waals surface area (Å²) in [4.78, 5) is 14.7. The second-order valence-corrected chi connectivity index (χ2v) is 6.35. The van der Waals surface area contributed by atoms with Crippen LogP contribution in [0.2, 0.25) is 0 Å². The van der Waals surface area contributed by atoms with Crippen LogP contribution in [0.3, 0.4) is 0 Å². The molecule has 0 bridgehead atoms. The minimum Gasteiger partial charge on any atom is -0.497 e. The largest absolute Gasteiger partial charge is 0.497 e. The van der Waals surface area contributed by atoms with Crippen molar-refractivity contribution in [3.63, 3.8) is 0 Å². The minimum absolute atomic E-state index is 0.221. The number of hydrogen-bond acceptors (Lipinski definition) is 3. The molecule has 3 rings (SSSR count). The van der Waals surface area contributed by atoms with E-state index in [2.05, 4.69) is 22.3 Å². The first kappa shape index (κ1) is 15.3.